The van der Waals surface area contributed by atoms with Crippen LogP contribution in [0.15, 0.2) is 0 Å². The van der Waals surface area contributed by atoms with Crippen molar-refractivity contribution in [3.63, 3.8) is 0 Å². The summed E-state index contributed by atoms with van der Waals surface area (Å²) in [5, 5.41) is 0. The van der Waals surface area contributed by atoms with Crippen molar-refractivity contribution in [1.82, 2.24) is 0 Å². The molecule has 1 saturated heterocycles. The van der Waals surface area contributed by atoms with Gasteiger partial charge in [0.05, 0.1) is 12.5 Å². The Bertz CT molecular complexity index is 286. The molecule has 2 fully saturated rings. The van der Waals surface area contributed by atoms with E-state index in [-0.39, 0.29) is 30.0 Å². The third kappa shape index (κ3) is 2.25. The molecular formula is C8H13BO4P2. The van der Waals surface area contributed by atoms with Crippen LogP contribution in [0.3, 0.4) is 0 Å². The lowest BCUT2D eigenvalue weighted by atomic mass is 9.94. The van der Waals surface area contributed by atoms with Crippen LogP contribution < -0.4 is 0 Å². The molecular weight excluding hydrogens is 233 g/mol. The zero-order chi connectivity index (χ0) is 11.0. The Labute approximate surface area is 92.8 Å². The third-order valence-electron chi connectivity index (χ3n) is 3.01. The summed E-state index contributed by atoms with van der Waals surface area (Å²) in [4.78, 5) is 22.1. The molecule has 0 spiro atoms. The number of carbonyl (C=O) groups excluding carboxylic acids is 2. The molecule has 0 radical (unpaired) electrons. The summed E-state index contributed by atoms with van der Waals surface area (Å²) in [6.07, 6.45) is 1.78. The van der Waals surface area contributed by atoms with Gasteiger partial charge in [0.2, 0.25) is 0 Å². The third-order valence-corrected chi connectivity index (χ3v) is 3.98. The second-order valence-corrected chi connectivity index (χ2v) is 7.52. The van der Waals surface area contributed by atoms with Gasteiger partial charge in [0, 0.05) is 18.3 Å². The molecule has 0 amide bonds. The number of hydrogen-bond donors (Lipinski definition) is 0. The average Bonchev–Trinajstić information content (AvgIpc) is 2.59. The van der Waals surface area contributed by atoms with Crippen molar-refractivity contribution in [3.8, 4) is 0 Å². The molecule has 7 heteroatoms. The number of aldehydes is 1. The lowest BCUT2D eigenvalue weighted by Gasteiger charge is -2.20. The van der Waals surface area contributed by atoms with Crippen molar-refractivity contribution >= 4 is 36.5 Å². The molecule has 82 valence electrons. The fraction of sp³-hybridized carbons (Fsp3) is 0.750. The second kappa shape index (κ2) is 4.49. The van der Waals surface area contributed by atoms with Crippen molar-refractivity contribution in [2.24, 2.45) is 11.8 Å². The minimum Gasteiger partial charge on any atom is -0.462 e. The van der Waals surface area contributed by atoms with E-state index >= 15 is 0 Å². The molecule has 0 aromatic carbocycles. The van der Waals surface area contributed by atoms with Gasteiger partial charge < -0.3 is 14.1 Å². The standard InChI is InChI=1S/C8H13BO4P2/c9-15(14)13-7-2-6-4(5(7)3-10)1-8(11)12-6/h3-7H,1-2,9,14H2/t4-,5-,6+,7-,15?/m1/s1. The van der Waals surface area contributed by atoms with Gasteiger partial charge in [-0.3, -0.25) is 4.79 Å². The molecule has 1 saturated carbocycles. The Morgan fingerprint density at radius 3 is 3.00 bits per heavy atom. The van der Waals surface area contributed by atoms with Gasteiger partial charge in [-0.25, -0.2) is 0 Å². The first-order valence-corrected chi connectivity index (χ1v) is 8.24. The molecule has 1 aliphatic heterocycles. The van der Waals surface area contributed by atoms with E-state index in [1.165, 1.54) is 0 Å². The molecule has 0 bridgehead atoms. The van der Waals surface area contributed by atoms with Gasteiger partial charge in [0.25, 0.3) is 0 Å². The number of rotatable bonds is 3. The molecule has 4 nitrogen and oxygen atoms in total. The van der Waals surface area contributed by atoms with Crippen LogP contribution in [-0.2, 0) is 18.8 Å². The van der Waals surface area contributed by atoms with E-state index in [1.54, 1.807) is 0 Å². The molecule has 0 aromatic heterocycles. The minimum atomic E-state index is -0.557. The molecule has 2 aliphatic rings. The Hall–Kier alpha value is 0.0249. The first kappa shape index (κ1) is 11.5. The maximum absolute atomic E-state index is 11.1. The van der Waals surface area contributed by atoms with Crippen LogP contribution in [-0.4, -0.2) is 32.0 Å². The predicted octanol–water partition coefficient (Wildman–Crippen LogP) is 0.257. The number of ether oxygens (including phenoxy) is 1. The molecule has 1 aliphatic carbocycles. The number of carbonyl (C=O) groups is 2. The maximum atomic E-state index is 11.1. The lowest BCUT2D eigenvalue weighted by Crippen LogP contribution is -2.22. The van der Waals surface area contributed by atoms with Crippen LogP contribution in [0.5, 0.6) is 0 Å². The molecule has 6 atom stereocenters. The van der Waals surface area contributed by atoms with E-state index in [4.69, 9.17) is 9.26 Å². The summed E-state index contributed by atoms with van der Waals surface area (Å²) >= 11 is 0. The minimum absolute atomic E-state index is 0.0416. The number of hydrogen-bond acceptors (Lipinski definition) is 4. The topological polar surface area (TPSA) is 52.6 Å². The summed E-state index contributed by atoms with van der Waals surface area (Å²) in [6, 6.07) is 0. The molecule has 0 aromatic rings. The van der Waals surface area contributed by atoms with Crippen molar-refractivity contribution in [1.29, 1.82) is 0 Å². The van der Waals surface area contributed by atoms with Gasteiger partial charge in [-0.2, -0.15) is 0 Å². The summed E-state index contributed by atoms with van der Waals surface area (Å²) < 4.78 is 10.8. The Balaban J connectivity index is 2.06. The zero-order valence-electron chi connectivity index (χ0n) is 8.46. The van der Waals surface area contributed by atoms with Gasteiger partial charge in [-0.15, -0.1) is 0 Å². The quantitative estimate of drug-likeness (QED) is 0.310. The van der Waals surface area contributed by atoms with Gasteiger partial charge in [-0.1, -0.05) is 8.93 Å². The van der Waals surface area contributed by atoms with E-state index in [1.807, 2.05) is 7.57 Å². The number of fused-ring (bicyclic) bond motifs is 1. The fourth-order valence-corrected chi connectivity index (χ4v) is 3.54. The Kier molecular flexibility index (Phi) is 3.44. The van der Waals surface area contributed by atoms with E-state index in [9.17, 15) is 9.59 Å². The predicted molar refractivity (Wildman–Crippen MR) is 62.2 cm³/mol. The smallest absolute Gasteiger partial charge is 0.306 e. The lowest BCUT2D eigenvalue weighted by molar-refractivity contribution is -0.141. The Morgan fingerprint density at radius 2 is 2.40 bits per heavy atom. The average molecular weight is 246 g/mol. The van der Waals surface area contributed by atoms with Crippen molar-refractivity contribution in [2.75, 3.05) is 0 Å². The van der Waals surface area contributed by atoms with Crippen LogP contribution in [0.25, 0.3) is 0 Å². The first-order chi connectivity index (χ1) is 7.11. The van der Waals surface area contributed by atoms with Crippen molar-refractivity contribution in [3.05, 3.63) is 0 Å². The molecule has 1 heterocycles. The van der Waals surface area contributed by atoms with Gasteiger partial charge >= 0.3 is 5.97 Å². The van der Waals surface area contributed by atoms with Gasteiger partial charge in [0.15, 0.2) is 7.57 Å². The molecule has 0 N–H and O–H groups in total. The highest BCUT2D eigenvalue weighted by Crippen LogP contribution is 2.49. The highest BCUT2D eigenvalue weighted by Gasteiger charge is 2.50. The summed E-state index contributed by atoms with van der Waals surface area (Å²) in [7, 11) is 4.02. The molecule has 15 heavy (non-hydrogen) atoms. The van der Waals surface area contributed by atoms with Crippen LogP contribution >= 0.6 is 16.6 Å². The fourth-order valence-electron chi connectivity index (χ4n) is 2.41. The van der Waals surface area contributed by atoms with Crippen LogP contribution in [0.4, 0.5) is 0 Å². The normalized spacial score (nSPS) is 41.0. The van der Waals surface area contributed by atoms with E-state index in [0.717, 1.165) is 6.29 Å². The van der Waals surface area contributed by atoms with Crippen LogP contribution in [0.2, 0.25) is 0 Å². The highest BCUT2D eigenvalue weighted by atomic mass is 32.0. The highest BCUT2D eigenvalue weighted by molar-refractivity contribution is 8.23. The zero-order valence-corrected chi connectivity index (χ0v) is 10.5. The molecule has 2 unspecified atom stereocenters. The van der Waals surface area contributed by atoms with Crippen LogP contribution in [0, 0.1) is 11.8 Å². The second-order valence-electron chi connectivity index (χ2n) is 4.04. The van der Waals surface area contributed by atoms with E-state index in [2.05, 4.69) is 8.93 Å². The van der Waals surface area contributed by atoms with Crippen LogP contribution in [0.1, 0.15) is 12.8 Å². The summed E-state index contributed by atoms with van der Waals surface area (Å²) in [5.41, 5.74) is 0. The van der Waals surface area contributed by atoms with E-state index in [0.29, 0.717) is 12.8 Å². The maximum Gasteiger partial charge on any atom is 0.306 e. The van der Waals surface area contributed by atoms with Crippen molar-refractivity contribution < 1.29 is 18.8 Å². The Morgan fingerprint density at radius 1 is 1.67 bits per heavy atom. The first-order valence-electron chi connectivity index (χ1n) is 4.91. The largest absolute Gasteiger partial charge is 0.462 e. The molecule has 2 rings (SSSR count). The van der Waals surface area contributed by atoms with E-state index < -0.39 is 7.72 Å². The van der Waals surface area contributed by atoms with Gasteiger partial charge in [0.1, 0.15) is 12.4 Å². The summed E-state index contributed by atoms with van der Waals surface area (Å²) in [6.45, 7) is 0. The monoisotopic (exact) mass is 246 g/mol. The van der Waals surface area contributed by atoms with Gasteiger partial charge in [-0.05, 0) is 7.72 Å². The van der Waals surface area contributed by atoms with Crippen molar-refractivity contribution in [2.45, 2.75) is 25.0 Å². The SMILES string of the molecule is BP(P)O[C@@H]1C[C@@H]2OC(=O)C[C@@H]2[C@H]1C=O. The summed E-state index contributed by atoms with van der Waals surface area (Å²) in [5.74, 6) is -0.313. The number of esters is 1.